The first-order valence-electron chi connectivity index (χ1n) is 5.93. The molecule has 2 rings (SSSR count). The molecule has 0 heterocycles. The highest BCUT2D eigenvalue weighted by atomic mass is 19.1. The van der Waals surface area contributed by atoms with Crippen molar-refractivity contribution in [2.75, 3.05) is 13.6 Å². The highest BCUT2D eigenvalue weighted by Crippen LogP contribution is 2.26. The fourth-order valence-corrected chi connectivity index (χ4v) is 2.30. The normalized spacial score (nSPS) is 22.4. The van der Waals surface area contributed by atoms with E-state index < -0.39 is 11.6 Å². The molecule has 1 aliphatic rings. The van der Waals surface area contributed by atoms with Crippen LogP contribution in [0.15, 0.2) is 18.2 Å². The van der Waals surface area contributed by atoms with Gasteiger partial charge in [0.2, 0.25) is 0 Å². The Labute approximate surface area is 105 Å². The van der Waals surface area contributed by atoms with Crippen LogP contribution in [-0.2, 0) is 0 Å². The molecule has 0 spiro atoms. The number of nitrogens with zero attached hydrogens (tertiary/aromatic N) is 1. The first kappa shape index (κ1) is 13.0. The predicted octanol–water partition coefficient (Wildman–Crippen LogP) is 1.77. The Morgan fingerprint density at radius 3 is 2.39 bits per heavy atom. The summed E-state index contributed by atoms with van der Waals surface area (Å²) in [5.74, 6) is -1.45. The minimum atomic E-state index is -0.739. The lowest BCUT2D eigenvalue weighted by Gasteiger charge is -2.35. The molecule has 1 fully saturated rings. The largest absolute Gasteiger partial charge is 0.341 e. The van der Waals surface area contributed by atoms with Crippen molar-refractivity contribution in [3.05, 3.63) is 35.4 Å². The number of halogens is 2. The van der Waals surface area contributed by atoms with Gasteiger partial charge in [0.25, 0.3) is 5.91 Å². The smallest absolute Gasteiger partial charge is 0.253 e. The fourth-order valence-electron chi connectivity index (χ4n) is 2.30. The van der Waals surface area contributed by atoms with Crippen LogP contribution in [0, 0.1) is 17.6 Å². The summed E-state index contributed by atoms with van der Waals surface area (Å²) in [4.78, 5) is 13.5. The molecule has 0 aromatic heterocycles. The van der Waals surface area contributed by atoms with Crippen LogP contribution in [0.2, 0.25) is 0 Å². The van der Waals surface area contributed by atoms with Gasteiger partial charge >= 0.3 is 0 Å². The van der Waals surface area contributed by atoms with Gasteiger partial charge in [-0.2, -0.15) is 0 Å². The third-order valence-electron chi connectivity index (χ3n) is 3.26. The molecule has 1 aromatic rings. The van der Waals surface area contributed by atoms with E-state index in [0.29, 0.717) is 12.5 Å². The zero-order chi connectivity index (χ0) is 13.3. The zero-order valence-electron chi connectivity index (χ0n) is 10.2. The van der Waals surface area contributed by atoms with Crippen LogP contribution in [-0.4, -0.2) is 30.4 Å². The monoisotopic (exact) mass is 254 g/mol. The topological polar surface area (TPSA) is 46.3 Å². The maximum Gasteiger partial charge on any atom is 0.253 e. The Morgan fingerprint density at radius 1 is 1.33 bits per heavy atom. The zero-order valence-corrected chi connectivity index (χ0v) is 10.2. The molecule has 1 saturated carbocycles. The molecule has 0 bridgehead atoms. The van der Waals surface area contributed by atoms with Crippen molar-refractivity contribution in [1.29, 1.82) is 0 Å². The van der Waals surface area contributed by atoms with E-state index in [1.807, 2.05) is 0 Å². The fraction of sp³-hybridized carbons (Fsp3) is 0.462. The summed E-state index contributed by atoms with van der Waals surface area (Å²) in [6.07, 6.45) is 1.80. The van der Waals surface area contributed by atoms with Gasteiger partial charge in [-0.05, 0) is 30.9 Å². The molecule has 0 unspecified atom stereocenters. The summed E-state index contributed by atoms with van der Waals surface area (Å²) in [6, 6.07) is 3.08. The molecule has 18 heavy (non-hydrogen) atoms. The van der Waals surface area contributed by atoms with E-state index in [4.69, 9.17) is 5.73 Å². The van der Waals surface area contributed by atoms with Crippen LogP contribution < -0.4 is 5.73 Å². The van der Waals surface area contributed by atoms with Crippen molar-refractivity contribution >= 4 is 5.91 Å². The van der Waals surface area contributed by atoms with E-state index in [1.165, 1.54) is 4.90 Å². The lowest BCUT2D eigenvalue weighted by molar-refractivity contribution is 0.0733. The van der Waals surface area contributed by atoms with Gasteiger partial charge in [-0.25, -0.2) is 8.78 Å². The number of benzene rings is 1. The second-order valence-electron chi connectivity index (χ2n) is 4.94. The minimum Gasteiger partial charge on any atom is -0.341 e. The van der Waals surface area contributed by atoms with E-state index >= 15 is 0 Å². The summed E-state index contributed by atoms with van der Waals surface area (Å²) in [6.45, 7) is 0.574. The first-order chi connectivity index (χ1) is 8.45. The maximum atomic E-state index is 13.0. The van der Waals surface area contributed by atoms with Crippen LogP contribution in [0.1, 0.15) is 23.2 Å². The molecule has 1 aromatic carbocycles. The first-order valence-corrected chi connectivity index (χ1v) is 5.93. The Kier molecular flexibility index (Phi) is 3.61. The molecule has 3 nitrogen and oxygen atoms in total. The number of amides is 1. The summed E-state index contributed by atoms with van der Waals surface area (Å²) < 4.78 is 26.0. The van der Waals surface area contributed by atoms with Crippen LogP contribution in [0.25, 0.3) is 0 Å². The molecule has 0 atom stereocenters. The third kappa shape index (κ3) is 2.85. The van der Waals surface area contributed by atoms with Crippen LogP contribution in [0.3, 0.4) is 0 Å². The van der Waals surface area contributed by atoms with E-state index in [9.17, 15) is 13.6 Å². The Bertz CT molecular complexity index is 438. The number of hydrogen-bond donors (Lipinski definition) is 1. The molecule has 0 saturated heterocycles. The van der Waals surface area contributed by atoms with Crippen molar-refractivity contribution < 1.29 is 13.6 Å². The molecule has 2 N–H and O–H groups in total. The summed E-state index contributed by atoms with van der Waals surface area (Å²) >= 11 is 0. The minimum absolute atomic E-state index is 0.0404. The number of rotatable bonds is 3. The molecule has 0 aliphatic heterocycles. The lowest BCUT2D eigenvalue weighted by Crippen LogP contribution is -2.43. The van der Waals surface area contributed by atoms with Crippen molar-refractivity contribution in [3.8, 4) is 0 Å². The lowest BCUT2D eigenvalue weighted by atomic mass is 9.80. The molecule has 1 amide bonds. The van der Waals surface area contributed by atoms with Crippen molar-refractivity contribution in [2.45, 2.75) is 18.9 Å². The molecular formula is C13H16F2N2O. The van der Waals surface area contributed by atoms with Crippen LogP contribution in [0.5, 0.6) is 0 Å². The highest BCUT2D eigenvalue weighted by Gasteiger charge is 2.28. The Hall–Kier alpha value is -1.49. The summed E-state index contributed by atoms with van der Waals surface area (Å²) in [7, 11) is 1.63. The van der Waals surface area contributed by atoms with E-state index in [-0.39, 0.29) is 17.5 Å². The maximum absolute atomic E-state index is 13.0. The summed E-state index contributed by atoms with van der Waals surface area (Å²) in [5.41, 5.74) is 5.71. The highest BCUT2D eigenvalue weighted by molar-refractivity contribution is 5.94. The third-order valence-corrected chi connectivity index (χ3v) is 3.26. The molecular weight excluding hydrogens is 238 g/mol. The van der Waals surface area contributed by atoms with Crippen molar-refractivity contribution in [2.24, 2.45) is 11.7 Å². The predicted molar refractivity (Wildman–Crippen MR) is 64.0 cm³/mol. The van der Waals surface area contributed by atoms with Gasteiger partial charge < -0.3 is 10.6 Å². The van der Waals surface area contributed by atoms with Gasteiger partial charge in [-0.1, -0.05) is 0 Å². The van der Waals surface area contributed by atoms with Crippen LogP contribution >= 0.6 is 0 Å². The second-order valence-corrected chi connectivity index (χ2v) is 4.94. The SMILES string of the molecule is CN(CC1CC(N)C1)C(=O)c1cc(F)cc(F)c1. The Balaban J connectivity index is 2.01. The van der Waals surface area contributed by atoms with E-state index in [1.54, 1.807) is 7.05 Å². The Morgan fingerprint density at radius 2 is 1.89 bits per heavy atom. The van der Waals surface area contributed by atoms with Crippen molar-refractivity contribution in [3.63, 3.8) is 0 Å². The van der Waals surface area contributed by atoms with Gasteiger partial charge in [0, 0.05) is 31.3 Å². The average Bonchev–Trinajstić information content (AvgIpc) is 2.24. The average molecular weight is 254 g/mol. The van der Waals surface area contributed by atoms with Gasteiger partial charge in [0.15, 0.2) is 0 Å². The number of carbonyl (C=O) groups is 1. The molecule has 5 heteroatoms. The van der Waals surface area contributed by atoms with E-state index in [0.717, 1.165) is 31.0 Å². The number of hydrogen-bond acceptors (Lipinski definition) is 2. The quantitative estimate of drug-likeness (QED) is 0.893. The standard InChI is InChI=1S/C13H16F2N2O/c1-17(7-8-2-12(16)3-8)13(18)9-4-10(14)6-11(15)5-9/h4-6,8,12H,2-3,7,16H2,1H3. The van der Waals surface area contributed by atoms with Gasteiger partial charge in [0.1, 0.15) is 11.6 Å². The van der Waals surface area contributed by atoms with Crippen molar-refractivity contribution in [1.82, 2.24) is 4.90 Å². The molecule has 98 valence electrons. The van der Waals surface area contributed by atoms with Gasteiger partial charge in [0.05, 0.1) is 0 Å². The molecule has 1 aliphatic carbocycles. The second kappa shape index (κ2) is 5.02. The van der Waals surface area contributed by atoms with E-state index in [2.05, 4.69) is 0 Å². The number of nitrogens with two attached hydrogens (primary N) is 1. The number of carbonyl (C=O) groups excluding carboxylic acids is 1. The van der Waals surface area contributed by atoms with Gasteiger partial charge in [-0.15, -0.1) is 0 Å². The van der Waals surface area contributed by atoms with Gasteiger partial charge in [-0.3, -0.25) is 4.79 Å². The van der Waals surface area contributed by atoms with Crippen LogP contribution in [0.4, 0.5) is 8.78 Å². The molecule has 0 radical (unpaired) electrons. The summed E-state index contributed by atoms with van der Waals surface area (Å²) in [5, 5.41) is 0.